The molecule has 4 N–H and O–H groups in total. The fraction of sp³-hybridized carbons (Fsp3) is 0.448. The van der Waals surface area contributed by atoms with Crippen LogP contribution < -0.4 is 10.6 Å². The molecule has 0 aliphatic carbocycles. The van der Waals surface area contributed by atoms with Crippen LogP contribution in [0, 0.1) is 5.82 Å². The van der Waals surface area contributed by atoms with E-state index in [0.717, 1.165) is 51.2 Å². The third kappa shape index (κ3) is 3.57. The third-order valence-corrected chi connectivity index (χ3v) is 9.26. The average Bonchev–Trinajstić information content (AvgIpc) is 3.50. The number of aromatic amines is 1. The standard InChI is InChI=1S/C29H34FN7O2/c1-5-15-9-25(38)19(30)10-18(15)16-6-7-17-20(8-16)33-34-26(17)28-31-21-11-23-29(39)37-13-24(35(3)4)27(37)14(2)36(23)12-22(21)32-28/h6-10,14,23-24,27-28,31-32,38H,5,11-13H2,1-4H3,(H,33,34)/t14?,23-,24?,27?,28?/m0/s1. The van der Waals surface area contributed by atoms with Gasteiger partial charge in [-0.05, 0) is 62.3 Å². The van der Waals surface area contributed by atoms with E-state index in [1.807, 2.05) is 25.1 Å². The number of piperazine rings is 1. The van der Waals surface area contributed by atoms with Gasteiger partial charge < -0.3 is 25.5 Å². The Hall–Kier alpha value is -3.63. The van der Waals surface area contributed by atoms with E-state index >= 15 is 0 Å². The predicted molar refractivity (Wildman–Crippen MR) is 146 cm³/mol. The van der Waals surface area contributed by atoms with Crippen molar-refractivity contribution in [2.45, 2.75) is 57.0 Å². The molecule has 5 atom stereocenters. The summed E-state index contributed by atoms with van der Waals surface area (Å²) in [6.45, 7) is 5.76. The number of halogens is 1. The summed E-state index contributed by atoms with van der Waals surface area (Å²) in [5.74, 6) is -0.722. The van der Waals surface area contributed by atoms with Crippen LogP contribution in [0.3, 0.4) is 0 Å². The van der Waals surface area contributed by atoms with Crippen molar-refractivity contribution in [2.24, 2.45) is 0 Å². The maximum Gasteiger partial charge on any atom is 0.240 e. The number of H-pyrrole nitrogens is 1. The van der Waals surface area contributed by atoms with E-state index < -0.39 is 5.82 Å². The van der Waals surface area contributed by atoms with Gasteiger partial charge in [0.05, 0.1) is 23.3 Å². The van der Waals surface area contributed by atoms with Gasteiger partial charge in [-0.15, -0.1) is 0 Å². The molecule has 4 unspecified atom stereocenters. The first-order valence-electron chi connectivity index (χ1n) is 13.7. The van der Waals surface area contributed by atoms with Crippen LogP contribution in [0.15, 0.2) is 41.7 Å². The van der Waals surface area contributed by atoms with Gasteiger partial charge in [0.15, 0.2) is 11.6 Å². The summed E-state index contributed by atoms with van der Waals surface area (Å²) in [7, 11) is 4.19. The van der Waals surface area contributed by atoms with Crippen molar-refractivity contribution in [2.75, 3.05) is 27.2 Å². The molecule has 0 bridgehead atoms. The maximum atomic E-state index is 14.2. The van der Waals surface area contributed by atoms with Crippen LogP contribution in [0.1, 0.15) is 37.7 Å². The van der Waals surface area contributed by atoms with Gasteiger partial charge in [0, 0.05) is 48.4 Å². The number of fused-ring (bicyclic) bond motifs is 3. The number of benzene rings is 2. The number of aromatic hydroxyl groups is 1. The Balaban J connectivity index is 1.13. The van der Waals surface area contributed by atoms with E-state index in [-0.39, 0.29) is 35.9 Å². The Morgan fingerprint density at radius 1 is 1.18 bits per heavy atom. The molecular formula is C29H34FN7O2. The molecule has 2 fully saturated rings. The van der Waals surface area contributed by atoms with E-state index in [4.69, 9.17) is 0 Å². The Morgan fingerprint density at radius 3 is 2.74 bits per heavy atom. The van der Waals surface area contributed by atoms with Gasteiger partial charge in [-0.1, -0.05) is 19.1 Å². The SMILES string of the molecule is CCc1cc(O)c(F)cc1-c1ccc2c(C3NC4=C(CN5C(C)C6C(N(C)C)CN6C(=O)[C@@H]5C4)N3)[nH]nc2c1. The van der Waals surface area contributed by atoms with Gasteiger partial charge in [-0.3, -0.25) is 14.8 Å². The molecule has 39 heavy (non-hydrogen) atoms. The number of likely N-dealkylation sites (N-methyl/N-ethyl adjacent to an activating group) is 1. The zero-order valence-corrected chi connectivity index (χ0v) is 22.6. The minimum Gasteiger partial charge on any atom is -0.505 e. The van der Waals surface area contributed by atoms with E-state index in [9.17, 15) is 14.3 Å². The Morgan fingerprint density at radius 2 is 1.97 bits per heavy atom. The van der Waals surface area contributed by atoms with E-state index in [2.05, 4.69) is 56.5 Å². The number of nitrogens with zero attached hydrogens (tertiary/aromatic N) is 4. The van der Waals surface area contributed by atoms with Crippen LogP contribution in [-0.4, -0.2) is 87.3 Å². The molecule has 7 rings (SSSR count). The number of carbonyl (C=O) groups excluding carboxylic acids is 1. The zero-order chi connectivity index (χ0) is 27.2. The van der Waals surface area contributed by atoms with Crippen molar-refractivity contribution in [3.8, 4) is 16.9 Å². The quantitative estimate of drug-likeness (QED) is 0.411. The smallest absolute Gasteiger partial charge is 0.240 e. The van der Waals surface area contributed by atoms with Crippen LogP contribution in [-0.2, 0) is 11.2 Å². The molecule has 2 saturated heterocycles. The van der Waals surface area contributed by atoms with Crippen molar-refractivity contribution < 1.29 is 14.3 Å². The largest absolute Gasteiger partial charge is 0.505 e. The highest BCUT2D eigenvalue weighted by atomic mass is 19.1. The van der Waals surface area contributed by atoms with Crippen molar-refractivity contribution in [3.05, 3.63) is 58.8 Å². The topological polar surface area (TPSA) is 99.8 Å². The Labute approximate surface area is 226 Å². The number of nitrogens with one attached hydrogen (secondary N) is 3. The highest BCUT2D eigenvalue weighted by Crippen LogP contribution is 2.40. The van der Waals surface area contributed by atoms with Gasteiger partial charge in [0.25, 0.3) is 0 Å². The zero-order valence-electron chi connectivity index (χ0n) is 22.6. The van der Waals surface area contributed by atoms with Gasteiger partial charge in [-0.2, -0.15) is 5.10 Å². The lowest BCUT2D eigenvalue weighted by Crippen LogP contribution is -2.79. The fourth-order valence-corrected chi connectivity index (χ4v) is 7.05. The summed E-state index contributed by atoms with van der Waals surface area (Å²) in [4.78, 5) is 20.1. The molecule has 4 aliphatic rings. The van der Waals surface area contributed by atoms with Crippen LogP contribution in [0.4, 0.5) is 4.39 Å². The molecule has 0 radical (unpaired) electrons. The molecule has 3 aromatic rings. The molecule has 9 nitrogen and oxygen atoms in total. The van der Waals surface area contributed by atoms with Crippen molar-refractivity contribution >= 4 is 16.8 Å². The number of carbonyl (C=O) groups is 1. The Kier molecular flexibility index (Phi) is 5.44. The highest BCUT2D eigenvalue weighted by Gasteiger charge is 2.56. The second kappa shape index (κ2) is 8.69. The number of aryl methyl sites for hydroxylation is 1. The van der Waals surface area contributed by atoms with Crippen LogP contribution in [0.2, 0.25) is 0 Å². The van der Waals surface area contributed by atoms with E-state index in [0.29, 0.717) is 25.4 Å². The summed E-state index contributed by atoms with van der Waals surface area (Å²) in [5.41, 5.74) is 6.42. The summed E-state index contributed by atoms with van der Waals surface area (Å²) >= 11 is 0. The van der Waals surface area contributed by atoms with Gasteiger partial charge in [0.2, 0.25) is 5.91 Å². The van der Waals surface area contributed by atoms with Crippen molar-refractivity contribution in [3.63, 3.8) is 0 Å². The number of aromatic nitrogens is 2. The molecule has 10 heteroatoms. The third-order valence-electron chi connectivity index (χ3n) is 9.26. The van der Waals surface area contributed by atoms with E-state index in [1.54, 1.807) is 0 Å². The highest BCUT2D eigenvalue weighted by molar-refractivity contribution is 5.88. The van der Waals surface area contributed by atoms with Crippen LogP contribution in [0.5, 0.6) is 5.75 Å². The summed E-state index contributed by atoms with van der Waals surface area (Å²) in [6.07, 6.45) is 1.16. The number of rotatable bonds is 4. The maximum absolute atomic E-state index is 14.2. The number of hydrogen-bond donors (Lipinski definition) is 4. The summed E-state index contributed by atoms with van der Waals surface area (Å²) in [5, 5.41) is 25.8. The summed E-state index contributed by atoms with van der Waals surface area (Å²) in [6, 6.07) is 9.60. The van der Waals surface area contributed by atoms with E-state index in [1.165, 1.54) is 12.1 Å². The lowest BCUT2D eigenvalue weighted by molar-refractivity contribution is -0.170. The molecule has 2 aromatic carbocycles. The monoisotopic (exact) mass is 531 g/mol. The number of phenolic OH excluding ortho intramolecular Hbond substituents is 1. The average molecular weight is 532 g/mol. The van der Waals surface area contributed by atoms with Gasteiger partial charge in [-0.25, -0.2) is 4.39 Å². The fourth-order valence-electron chi connectivity index (χ4n) is 7.05. The normalized spacial score (nSPS) is 28.2. The van der Waals surface area contributed by atoms with Crippen LogP contribution >= 0.6 is 0 Å². The lowest BCUT2D eigenvalue weighted by atomic mass is 9.81. The second-order valence-corrected chi connectivity index (χ2v) is 11.5. The molecule has 204 valence electrons. The molecule has 0 saturated carbocycles. The number of hydrogen-bond acceptors (Lipinski definition) is 7. The number of phenols is 1. The van der Waals surface area contributed by atoms with Crippen LogP contribution in [0.25, 0.3) is 22.0 Å². The second-order valence-electron chi connectivity index (χ2n) is 11.5. The van der Waals surface area contributed by atoms with Crippen molar-refractivity contribution in [1.82, 2.24) is 35.5 Å². The molecule has 0 spiro atoms. The molecule has 1 amide bonds. The predicted octanol–water partition coefficient (Wildman–Crippen LogP) is 2.66. The van der Waals surface area contributed by atoms with Gasteiger partial charge in [0.1, 0.15) is 6.17 Å². The minimum absolute atomic E-state index is 0.134. The first kappa shape index (κ1) is 24.4. The first-order valence-corrected chi connectivity index (χ1v) is 13.7. The lowest BCUT2D eigenvalue weighted by Gasteiger charge is -2.61. The molecular weight excluding hydrogens is 497 g/mol. The molecule has 5 heterocycles. The minimum atomic E-state index is -0.632. The molecule has 4 aliphatic heterocycles. The Bertz CT molecular complexity index is 1530. The number of amides is 1. The van der Waals surface area contributed by atoms with Crippen molar-refractivity contribution in [1.29, 1.82) is 0 Å². The van der Waals surface area contributed by atoms with Gasteiger partial charge >= 0.3 is 0 Å². The summed E-state index contributed by atoms with van der Waals surface area (Å²) < 4.78 is 14.2. The first-order chi connectivity index (χ1) is 18.7. The molecule has 1 aromatic heterocycles.